The minimum atomic E-state index is -1.58. The fraction of sp³-hybridized carbons (Fsp3) is 0.870. The van der Waals surface area contributed by atoms with E-state index in [1.54, 1.807) is 6.08 Å². The molecule has 0 aliphatic carbocycles. The van der Waals surface area contributed by atoms with Crippen LogP contribution in [-0.2, 0) is 14.3 Å². The number of carbonyl (C=O) groups excluding carboxylic acids is 1. The Hall–Kier alpha value is -1.85. The van der Waals surface area contributed by atoms with Gasteiger partial charge in [0, 0.05) is 6.42 Å². The fourth-order valence-corrected chi connectivity index (χ4v) is 10.8. The van der Waals surface area contributed by atoms with Gasteiger partial charge in [0.15, 0.2) is 6.29 Å². The van der Waals surface area contributed by atoms with Crippen molar-refractivity contribution in [2.24, 2.45) is 0 Å². The molecule has 1 amide bonds. The Morgan fingerprint density at radius 3 is 1.08 bits per heavy atom. The molecule has 9 heteroatoms. The predicted octanol–water partition coefficient (Wildman–Crippen LogP) is 18.0. The van der Waals surface area contributed by atoms with Crippen molar-refractivity contribution in [3.63, 3.8) is 0 Å². The molecule has 0 spiro atoms. The second kappa shape index (κ2) is 58.4. The number of aliphatic hydroxyl groups is 5. The van der Waals surface area contributed by atoms with Gasteiger partial charge in [0.05, 0.1) is 25.4 Å². The first-order valence-corrected chi connectivity index (χ1v) is 33.9. The zero-order chi connectivity index (χ0) is 56.5. The van der Waals surface area contributed by atoms with E-state index >= 15 is 0 Å². The number of aliphatic hydroxyl groups excluding tert-OH is 5. The van der Waals surface area contributed by atoms with Crippen molar-refractivity contribution in [3.05, 3.63) is 48.6 Å². The van der Waals surface area contributed by atoms with Crippen molar-refractivity contribution < 1.29 is 39.8 Å². The molecule has 7 unspecified atom stereocenters. The number of carbonyl (C=O) groups is 1. The molecule has 0 aromatic carbocycles. The molecule has 0 saturated carbocycles. The van der Waals surface area contributed by atoms with Crippen molar-refractivity contribution in [1.29, 1.82) is 0 Å². The van der Waals surface area contributed by atoms with Crippen LogP contribution in [0, 0.1) is 0 Å². The minimum absolute atomic E-state index is 0.185. The SMILES string of the molecule is CCCCCCCCCC/C=C\CCCCCCCCCCCCCCCCCCCCCCCCCC(=O)NC(COC1OC(CO)C(O)C(O)C1O)C(O)/C=C/CC/C=C/CC/C=C/CCCCCCCCCCCC. The molecule has 1 heterocycles. The van der Waals surface area contributed by atoms with Gasteiger partial charge in [-0.05, 0) is 70.6 Å². The Balaban J connectivity index is 2.12. The van der Waals surface area contributed by atoms with Gasteiger partial charge in [0.1, 0.15) is 24.4 Å². The van der Waals surface area contributed by atoms with Crippen LogP contribution in [0.2, 0.25) is 0 Å². The molecule has 1 rings (SSSR count). The second-order valence-corrected chi connectivity index (χ2v) is 23.6. The molecule has 1 fully saturated rings. The van der Waals surface area contributed by atoms with Crippen molar-refractivity contribution in [2.45, 2.75) is 371 Å². The molecule has 0 radical (unpaired) electrons. The molecule has 1 aliphatic rings. The topological polar surface area (TPSA) is 149 Å². The summed E-state index contributed by atoms with van der Waals surface area (Å²) in [6.07, 6.45) is 72.2. The molecular weight excluding hydrogens is 971 g/mol. The number of unbranched alkanes of at least 4 members (excludes halogenated alkanes) is 43. The zero-order valence-electron chi connectivity index (χ0n) is 51.2. The van der Waals surface area contributed by atoms with Crippen LogP contribution in [0.4, 0.5) is 0 Å². The molecule has 1 aliphatic heterocycles. The lowest BCUT2D eigenvalue weighted by molar-refractivity contribution is -0.302. The summed E-state index contributed by atoms with van der Waals surface area (Å²) in [6, 6.07) is -0.828. The molecule has 78 heavy (non-hydrogen) atoms. The first-order valence-electron chi connectivity index (χ1n) is 33.9. The van der Waals surface area contributed by atoms with E-state index in [-0.39, 0.29) is 12.5 Å². The summed E-state index contributed by atoms with van der Waals surface area (Å²) in [4.78, 5) is 13.1. The minimum Gasteiger partial charge on any atom is -0.394 e. The lowest BCUT2D eigenvalue weighted by atomic mass is 9.99. The van der Waals surface area contributed by atoms with E-state index in [1.807, 2.05) is 6.08 Å². The first kappa shape index (κ1) is 74.2. The van der Waals surface area contributed by atoms with Crippen LogP contribution in [0.1, 0.15) is 328 Å². The highest BCUT2D eigenvalue weighted by Crippen LogP contribution is 2.23. The maximum atomic E-state index is 13.1. The normalized spacial score (nSPS) is 18.9. The Labute approximate surface area is 482 Å². The molecule has 0 aromatic rings. The number of hydrogen-bond acceptors (Lipinski definition) is 8. The highest BCUT2D eigenvalue weighted by molar-refractivity contribution is 5.76. The maximum absolute atomic E-state index is 13.1. The van der Waals surface area contributed by atoms with E-state index < -0.39 is 49.5 Å². The van der Waals surface area contributed by atoms with E-state index in [0.29, 0.717) is 6.42 Å². The first-order chi connectivity index (χ1) is 38.3. The van der Waals surface area contributed by atoms with Gasteiger partial charge in [-0.15, -0.1) is 0 Å². The van der Waals surface area contributed by atoms with Crippen LogP contribution in [-0.4, -0.2) is 87.5 Å². The largest absolute Gasteiger partial charge is 0.394 e. The van der Waals surface area contributed by atoms with Gasteiger partial charge in [0.2, 0.25) is 5.91 Å². The van der Waals surface area contributed by atoms with Crippen LogP contribution in [0.15, 0.2) is 48.6 Å². The number of amides is 1. The Kier molecular flexibility index (Phi) is 55.5. The van der Waals surface area contributed by atoms with Gasteiger partial charge in [-0.2, -0.15) is 0 Å². The van der Waals surface area contributed by atoms with Crippen molar-refractivity contribution in [2.75, 3.05) is 13.2 Å². The van der Waals surface area contributed by atoms with Gasteiger partial charge in [-0.1, -0.05) is 300 Å². The maximum Gasteiger partial charge on any atom is 0.220 e. The monoisotopic (exact) mass is 1100 g/mol. The molecule has 6 N–H and O–H groups in total. The smallest absolute Gasteiger partial charge is 0.220 e. The predicted molar refractivity (Wildman–Crippen MR) is 332 cm³/mol. The summed E-state index contributed by atoms with van der Waals surface area (Å²) in [7, 11) is 0. The van der Waals surface area contributed by atoms with Crippen LogP contribution in [0.5, 0.6) is 0 Å². The fourth-order valence-electron chi connectivity index (χ4n) is 10.8. The van der Waals surface area contributed by atoms with Gasteiger partial charge >= 0.3 is 0 Å². The van der Waals surface area contributed by atoms with E-state index in [2.05, 4.69) is 55.6 Å². The van der Waals surface area contributed by atoms with Crippen LogP contribution in [0.3, 0.4) is 0 Å². The van der Waals surface area contributed by atoms with Gasteiger partial charge in [-0.25, -0.2) is 0 Å². The molecular formula is C69H129NO8. The van der Waals surface area contributed by atoms with Crippen molar-refractivity contribution >= 4 is 5.91 Å². The van der Waals surface area contributed by atoms with E-state index in [4.69, 9.17) is 9.47 Å². The quantitative estimate of drug-likeness (QED) is 0.0261. The molecule has 1 saturated heterocycles. The summed E-state index contributed by atoms with van der Waals surface area (Å²) >= 11 is 0. The van der Waals surface area contributed by atoms with E-state index in [1.165, 1.54) is 263 Å². The van der Waals surface area contributed by atoms with Crippen molar-refractivity contribution in [3.8, 4) is 0 Å². The van der Waals surface area contributed by atoms with Gasteiger partial charge in [-0.3, -0.25) is 4.79 Å². The summed E-state index contributed by atoms with van der Waals surface area (Å²) in [5.74, 6) is -0.185. The third-order valence-corrected chi connectivity index (χ3v) is 16.1. The summed E-state index contributed by atoms with van der Waals surface area (Å²) < 4.78 is 11.3. The Morgan fingerprint density at radius 1 is 0.423 bits per heavy atom. The second-order valence-electron chi connectivity index (χ2n) is 23.6. The summed E-state index contributed by atoms with van der Waals surface area (Å²) in [5.41, 5.74) is 0. The summed E-state index contributed by atoms with van der Waals surface area (Å²) in [6.45, 7) is 3.79. The van der Waals surface area contributed by atoms with Crippen LogP contribution in [0.25, 0.3) is 0 Å². The number of hydrogen-bond donors (Lipinski definition) is 6. The standard InChI is InChI=1S/C69H129NO8/c1-3-5-7-9-11-13-15-17-19-21-23-25-26-27-28-29-30-31-32-33-34-35-36-37-38-39-41-43-45-47-49-51-53-55-57-59-65(73)70-62(61-77-69-68(76)67(75)66(74)64(60-71)78-69)63(72)58-56-54-52-50-48-46-44-42-40-24-22-20-18-16-14-12-10-8-6-4-2/h21,23,40,42,48,50,56,58,62-64,66-69,71-72,74-76H,3-20,22,24-39,41,43-47,49,51-55,57,59-61H2,1-2H3,(H,70,73)/b23-21-,42-40+,50-48+,58-56+. The number of rotatable bonds is 59. The number of ether oxygens (including phenoxy) is 2. The average Bonchev–Trinajstić information content (AvgIpc) is 3.45. The Morgan fingerprint density at radius 2 is 0.731 bits per heavy atom. The lowest BCUT2D eigenvalue weighted by Crippen LogP contribution is -2.60. The molecule has 7 atom stereocenters. The molecule has 0 aromatic heterocycles. The van der Waals surface area contributed by atoms with E-state index in [9.17, 15) is 30.3 Å². The summed E-state index contributed by atoms with van der Waals surface area (Å²) in [5, 5.41) is 54.6. The van der Waals surface area contributed by atoms with Crippen LogP contribution >= 0.6 is 0 Å². The molecule has 0 bridgehead atoms. The van der Waals surface area contributed by atoms with Gasteiger partial charge in [0.25, 0.3) is 0 Å². The average molecular weight is 1100 g/mol. The molecule has 9 nitrogen and oxygen atoms in total. The number of allylic oxidation sites excluding steroid dienone is 7. The highest BCUT2D eigenvalue weighted by Gasteiger charge is 2.44. The third kappa shape index (κ3) is 46.7. The Bertz CT molecular complexity index is 1370. The third-order valence-electron chi connectivity index (χ3n) is 16.1. The van der Waals surface area contributed by atoms with Gasteiger partial charge < -0.3 is 40.3 Å². The van der Waals surface area contributed by atoms with Crippen LogP contribution < -0.4 is 5.32 Å². The molecule has 458 valence electrons. The lowest BCUT2D eigenvalue weighted by Gasteiger charge is -2.40. The zero-order valence-corrected chi connectivity index (χ0v) is 51.2. The van der Waals surface area contributed by atoms with Crippen molar-refractivity contribution in [1.82, 2.24) is 5.32 Å². The van der Waals surface area contributed by atoms with E-state index in [0.717, 1.165) is 44.9 Å². The highest BCUT2D eigenvalue weighted by atomic mass is 16.7. The number of nitrogens with one attached hydrogen (secondary N) is 1.